The van der Waals surface area contributed by atoms with Crippen molar-refractivity contribution < 1.29 is 0 Å². The van der Waals surface area contributed by atoms with Crippen LogP contribution in [0, 0.1) is 0 Å². The Labute approximate surface area is 101 Å². The number of nitrogens with zero attached hydrogens (tertiary/aromatic N) is 1. The number of hydrogen-bond acceptors (Lipinski definition) is 1. The molecule has 2 aromatic carbocycles. The summed E-state index contributed by atoms with van der Waals surface area (Å²) in [5, 5.41) is 5.11. The van der Waals surface area contributed by atoms with Crippen molar-refractivity contribution in [2.75, 3.05) is 0 Å². The van der Waals surface area contributed by atoms with E-state index in [-0.39, 0.29) is 0 Å². The van der Waals surface area contributed by atoms with E-state index < -0.39 is 0 Å². The van der Waals surface area contributed by atoms with Gasteiger partial charge in [0.05, 0.1) is 0 Å². The maximum atomic E-state index is 4.40. The molecule has 0 saturated heterocycles. The van der Waals surface area contributed by atoms with Crippen molar-refractivity contribution in [3.63, 3.8) is 0 Å². The molecule has 0 aliphatic carbocycles. The topological polar surface area (TPSA) is 12.9 Å². The molecule has 0 aliphatic heterocycles. The van der Waals surface area contributed by atoms with Crippen LogP contribution in [0.15, 0.2) is 48.7 Å². The summed E-state index contributed by atoms with van der Waals surface area (Å²) in [6.07, 6.45) is 1.99. The molecule has 3 rings (SSSR count). The van der Waals surface area contributed by atoms with Crippen molar-refractivity contribution in [2.24, 2.45) is 0 Å². The zero-order chi connectivity index (χ0) is 10.3. The molecule has 0 N–H and O–H groups in total. The Bertz CT molecular complexity index is 646. The molecular formula is C13H8NSn. The zero-order valence-electron chi connectivity index (χ0n) is 8.07. The maximum absolute atomic E-state index is 4.40. The summed E-state index contributed by atoms with van der Waals surface area (Å²) < 4.78 is 1.16. The van der Waals surface area contributed by atoms with Crippen LogP contribution < -0.4 is 3.71 Å². The molecule has 2 heteroatoms. The van der Waals surface area contributed by atoms with Gasteiger partial charge in [-0.25, -0.2) is 0 Å². The molecule has 15 heavy (non-hydrogen) atoms. The molecule has 0 spiro atoms. The SMILES string of the molecule is [Sn][c]1cc2ccc3ccccc3c2cn1. The second-order valence-corrected chi connectivity index (χ2v) is 5.04. The van der Waals surface area contributed by atoms with E-state index in [1.165, 1.54) is 44.1 Å². The number of benzene rings is 2. The van der Waals surface area contributed by atoms with Crippen LogP contribution in [-0.4, -0.2) is 27.5 Å². The minimum atomic E-state index is 1.16. The van der Waals surface area contributed by atoms with Crippen molar-refractivity contribution in [3.05, 3.63) is 48.7 Å². The van der Waals surface area contributed by atoms with Gasteiger partial charge in [0.2, 0.25) is 0 Å². The van der Waals surface area contributed by atoms with Gasteiger partial charge in [-0.15, -0.1) is 0 Å². The molecule has 0 saturated carbocycles. The molecule has 0 amide bonds. The van der Waals surface area contributed by atoms with Crippen molar-refractivity contribution in [1.29, 1.82) is 0 Å². The average molecular weight is 297 g/mol. The first kappa shape index (κ1) is 9.16. The van der Waals surface area contributed by atoms with Gasteiger partial charge in [0.1, 0.15) is 0 Å². The number of pyridine rings is 1. The number of aromatic nitrogens is 1. The van der Waals surface area contributed by atoms with E-state index in [2.05, 4.69) is 47.4 Å². The Morgan fingerprint density at radius 1 is 0.867 bits per heavy atom. The Kier molecular flexibility index (Phi) is 2.13. The van der Waals surface area contributed by atoms with E-state index in [9.17, 15) is 0 Å². The molecule has 1 nitrogen and oxygen atoms in total. The van der Waals surface area contributed by atoms with Crippen molar-refractivity contribution in [1.82, 2.24) is 4.98 Å². The van der Waals surface area contributed by atoms with Gasteiger partial charge >= 0.3 is 101 Å². The van der Waals surface area contributed by atoms with Crippen LogP contribution in [0.3, 0.4) is 0 Å². The third kappa shape index (κ3) is 1.51. The van der Waals surface area contributed by atoms with E-state index >= 15 is 0 Å². The predicted octanol–water partition coefficient (Wildman–Crippen LogP) is 2.18. The normalized spacial score (nSPS) is 11.0. The third-order valence-corrected chi connectivity index (χ3v) is 3.41. The second kappa shape index (κ2) is 3.49. The summed E-state index contributed by atoms with van der Waals surface area (Å²) in [5.41, 5.74) is 0. The fraction of sp³-hybridized carbons (Fsp3) is 0. The molecule has 0 bridgehead atoms. The van der Waals surface area contributed by atoms with Crippen molar-refractivity contribution in [3.8, 4) is 0 Å². The van der Waals surface area contributed by atoms with Crippen LogP contribution in [0.4, 0.5) is 0 Å². The van der Waals surface area contributed by atoms with Gasteiger partial charge in [-0.1, -0.05) is 0 Å². The number of hydrogen-bond donors (Lipinski definition) is 0. The van der Waals surface area contributed by atoms with Crippen LogP contribution in [0.25, 0.3) is 21.5 Å². The molecular weight excluding hydrogens is 289 g/mol. The van der Waals surface area contributed by atoms with Crippen molar-refractivity contribution >= 4 is 47.8 Å². The Morgan fingerprint density at radius 2 is 1.67 bits per heavy atom. The summed E-state index contributed by atoms with van der Waals surface area (Å²) in [6.45, 7) is 0. The van der Waals surface area contributed by atoms with Gasteiger partial charge in [0.25, 0.3) is 0 Å². The molecule has 3 aromatic rings. The second-order valence-electron chi connectivity index (χ2n) is 3.58. The number of rotatable bonds is 0. The average Bonchev–Trinajstić information content (AvgIpc) is 2.28. The Morgan fingerprint density at radius 3 is 2.60 bits per heavy atom. The molecule has 3 radical (unpaired) electrons. The van der Waals surface area contributed by atoms with Gasteiger partial charge in [-0.3, -0.25) is 0 Å². The molecule has 0 atom stereocenters. The van der Waals surface area contributed by atoms with Gasteiger partial charge in [0.15, 0.2) is 0 Å². The van der Waals surface area contributed by atoms with E-state index in [0.29, 0.717) is 0 Å². The van der Waals surface area contributed by atoms with E-state index in [1.807, 2.05) is 6.20 Å². The van der Waals surface area contributed by atoms with Crippen molar-refractivity contribution in [2.45, 2.75) is 0 Å². The van der Waals surface area contributed by atoms with Gasteiger partial charge in [-0.05, 0) is 0 Å². The molecule has 69 valence electrons. The molecule has 1 aromatic heterocycles. The molecule has 0 fully saturated rings. The quantitative estimate of drug-likeness (QED) is 0.458. The molecule has 0 unspecified atom stereocenters. The molecule has 1 heterocycles. The fourth-order valence-electron chi connectivity index (χ4n) is 1.90. The van der Waals surface area contributed by atoms with Gasteiger partial charge < -0.3 is 0 Å². The van der Waals surface area contributed by atoms with Crippen LogP contribution in [0.1, 0.15) is 0 Å². The number of fused-ring (bicyclic) bond motifs is 3. The first-order chi connectivity index (χ1) is 7.34. The van der Waals surface area contributed by atoms with E-state index in [4.69, 9.17) is 0 Å². The van der Waals surface area contributed by atoms with Crippen LogP contribution in [0.2, 0.25) is 0 Å². The van der Waals surface area contributed by atoms with Crippen LogP contribution >= 0.6 is 0 Å². The Balaban J connectivity index is 2.55. The monoisotopic (exact) mass is 298 g/mol. The zero-order valence-corrected chi connectivity index (χ0v) is 10.9. The van der Waals surface area contributed by atoms with Crippen LogP contribution in [0.5, 0.6) is 0 Å². The first-order valence-electron chi connectivity index (χ1n) is 4.84. The predicted molar refractivity (Wildman–Crippen MR) is 64.6 cm³/mol. The standard InChI is InChI=1S/C13H8N.Sn/c1-2-4-12-10(3-1)5-6-11-7-8-14-9-13(11)12;/h1-7,9H;. The summed E-state index contributed by atoms with van der Waals surface area (Å²) in [7, 11) is 0. The minimum absolute atomic E-state index is 1.16. The van der Waals surface area contributed by atoms with E-state index in [0.717, 1.165) is 3.71 Å². The van der Waals surface area contributed by atoms with Gasteiger partial charge in [-0.2, -0.15) is 0 Å². The summed E-state index contributed by atoms with van der Waals surface area (Å²) in [6, 6.07) is 15.0. The Hall–Kier alpha value is -1.09. The first-order valence-corrected chi connectivity index (χ1v) is 6.26. The van der Waals surface area contributed by atoms with Gasteiger partial charge in [0, 0.05) is 0 Å². The fourth-order valence-corrected chi connectivity index (χ4v) is 2.53. The van der Waals surface area contributed by atoms with Crippen LogP contribution in [-0.2, 0) is 0 Å². The molecule has 0 aliphatic rings. The summed E-state index contributed by atoms with van der Waals surface area (Å²) in [4.78, 5) is 4.40. The van der Waals surface area contributed by atoms with E-state index in [1.54, 1.807) is 0 Å². The summed E-state index contributed by atoms with van der Waals surface area (Å²) in [5.74, 6) is 0. The summed E-state index contributed by atoms with van der Waals surface area (Å²) >= 11 is 1.37. The third-order valence-electron chi connectivity index (χ3n) is 2.63.